The van der Waals surface area contributed by atoms with E-state index in [4.69, 9.17) is 5.73 Å². The van der Waals surface area contributed by atoms with Crippen LogP contribution in [0.1, 0.15) is 26.2 Å². The summed E-state index contributed by atoms with van der Waals surface area (Å²) in [6.07, 6.45) is 12.4. The largest absolute Gasteiger partial charge is 0.392 e. The Balaban J connectivity index is 1.92. The van der Waals surface area contributed by atoms with Gasteiger partial charge in [-0.1, -0.05) is 30.9 Å². The van der Waals surface area contributed by atoms with Gasteiger partial charge in [0.2, 0.25) is 0 Å². The second-order valence-corrected chi connectivity index (χ2v) is 5.10. The monoisotopic (exact) mass is 211 g/mol. The van der Waals surface area contributed by atoms with E-state index in [0.29, 0.717) is 11.8 Å². The summed E-state index contributed by atoms with van der Waals surface area (Å²) in [6.45, 7) is 2.28. The third kappa shape index (κ3) is 1.68. The van der Waals surface area contributed by atoms with E-state index in [9.17, 15) is 0 Å². The fourth-order valence-corrected chi connectivity index (χ4v) is 2.65. The van der Waals surface area contributed by atoms with Crippen LogP contribution in [0.4, 0.5) is 0 Å². The summed E-state index contributed by atoms with van der Waals surface area (Å²) >= 11 is 0. The first kappa shape index (κ1) is 9.74. The molecule has 1 unspecified atom stereocenters. The summed E-state index contributed by atoms with van der Waals surface area (Å²) in [5, 5.41) is 0. The van der Waals surface area contributed by atoms with Gasteiger partial charge in [0, 0.05) is 0 Å². The highest BCUT2D eigenvalue weighted by atomic mass is 14.6. The van der Waals surface area contributed by atoms with E-state index in [1.54, 1.807) is 0 Å². The van der Waals surface area contributed by atoms with Gasteiger partial charge in [-0.05, 0) is 53.9 Å². The predicted molar refractivity (Wildman–Crippen MR) is 66.5 cm³/mol. The van der Waals surface area contributed by atoms with Crippen LogP contribution in [0, 0.1) is 11.8 Å². The molecule has 3 aliphatic rings. The van der Waals surface area contributed by atoms with Crippen LogP contribution in [0.5, 0.6) is 0 Å². The minimum Gasteiger partial charge on any atom is -0.392 e. The molecule has 0 amide bonds. The van der Waals surface area contributed by atoms with E-state index in [-0.39, 0.29) is 0 Å². The van der Waals surface area contributed by atoms with Crippen molar-refractivity contribution in [3.8, 4) is 0 Å². The van der Waals surface area contributed by atoms with E-state index in [1.165, 1.54) is 23.1 Å². The van der Waals surface area contributed by atoms with Crippen molar-refractivity contribution in [3.63, 3.8) is 0 Å². The van der Waals surface area contributed by atoms with Crippen LogP contribution in [0.3, 0.4) is 0 Å². The molecule has 82 valence electrons. The normalized spacial score (nSPS) is 31.8. The van der Waals surface area contributed by atoms with Crippen molar-refractivity contribution < 1.29 is 0 Å². The molecular weight excluding hydrogens is 194 g/mol. The van der Waals surface area contributed by atoms with E-state index >= 15 is 0 Å². The van der Waals surface area contributed by atoms with Gasteiger partial charge in [-0.3, -0.25) is 0 Å². The zero-order valence-electron chi connectivity index (χ0n) is 9.66. The van der Waals surface area contributed by atoms with Crippen LogP contribution in [0.15, 0.2) is 52.5 Å². The molecule has 3 aliphatic carbocycles. The number of hydrogen-bond donors (Lipinski definition) is 1. The van der Waals surface area contributed by atoms with Crippen molar-refractivity contribution in [1.29, 1.82) is 0 Å². The quantitative estimate of drug-likeness (QED) is 0.523. The van der Waals surface area contributed by atoms with Gasteiger partial charge in [0.05, 0.1) is 5.70 Å². The summed E-state index contributed by atoms with van der Waals surface area (Å²) in [5.41, 5.74) is 14.3. The molecule has 1 nitrogen and oxygen atoms in total. The van der Waals surface area contributed by atoms with Gasteiger partial charge >= 0.3 is 0 Å². The van der Waals surface area contributed by atoms with Crippen molar-refractivity contribution in [2.45, 2.75) is 26.2 Å². The maximum Gasteiger partial charge on any atom is 0.0783 e. The van der Waals surface area contributed by atoms with Crippen molar-refractivity contribution in [2.75, 3.05) is 0 Å². The number of hydrogen-bond acceptors (Lipinski definition) is 1. The number of rotatable bonds is 1. The lowest BCUT2D eigenvalue weighted by Crippen LogP contribution is -2.15. The average Bonchev–Trinajstić information content (AvgIpc) is 3.01. The Kier molecular flexibility index (Phi) is 2.15. The Hall–Kier alpha value is -1.46. The van der Waals surface area contributed by atoms with Crippen LogP contribution in [0.25, 0.3) is 0 Å². The average molecular weight is 211 g/mol. The summed E-state index contributed by atoms with van der Waals surface area (Å²) < 4.78 is 0. The Morgan fingerprint density at radius 3 is 3.06 bits per heavy atom. The van der Waals surface area contributed by atoms with Gasteiger partial charge in [0.1, 0.15) is 0 Å². The number of nitrogens with two attached hydrogens (primary N) is 1. The zero-order chi connectivity index (χ0) is 11.1. The minimum absolute atomic E-state index is 0.591. The topological polar surface area (TPSA) is 26.0 Å². The third-order valence-electron chi connectivity index (χ3n) is 3.69. The third-order valence-corrected chi connectivity index (χ3v) is 3.69. The molecule has 0 saturated carbocycles. The van der Waals surface area contributed by atoms with Crippen LogP contribution in [-0.4, -0.2) is 0 Å². The van der Waals surface area contributed by atoms with Crippen LogP contribution < -0.4 is 5.73 Å². The summed E-state index contributed by atoms with van der Waals surface area (Å²) in [6, 6.07) is 0. The lowest BCUT2D eigenvalue weighted by atomic mass is 9.81. The van der Waals surface area contributed by atoms with Gasteiger partial charge in [-0.15, -0.1) is 0 Å². The van der Waals surface area contributed by atoms with Gasteiger partial charge in [0.15, 0.2) is 0 Å². The van der Waals surface area contributed by atoms with Gasteiger partial charge in [0.25, 0.3) is 0 Å². The smallest absolute Gasteiger partial charge is 0.0783 e. The first-order valence-corrected chi connectivity index (χ1v) is 6.07. The first-order valence-electron chi connectivity index (χ1n) is 6.07. The maximum atomic E-state index is 6.09. The Labute approximate surface area is 96.7 Å². The molecule has 1 heteroatoms. The molecule has 16 heavy (non-hydrogen) atoms. The van der Waals surface area contributed by atoms with Gasteiger partial charge < -0.3 is 5.73 Å². The van der Waals surface area contributed by atoms with Crippen LogP contribution in [0.2, 0.25) is 0 Å². The lowest BCUT2D eigenvalue weighted by molar-refractivity contribution is 0.471. The molecule has 2 N–H and O–H groups in total. The molecule has 0 aromatic rings. The molecule has 0 spiro atoms. The van der Waals surface area contributed by atoms with E-state index < -0.39 is 0 Å². The van der Waals surface area contributed by atoms with E-state index in [1.807, 2.05) is 0 Å². The molecule has 0 aliphatic heterocycles. The molecule has 0 aromatic carbocycles. The maximum absolute atomic E-state index is 6.09. The Morgan fingerprint density at radius 1 is 1.38 bits per heavy atom. The SMILES string of the molecule is C[C@@H]1C=CCC(C2=CC3=C(C=C=C2N)C3)C1. The fraction of sp³-hybridized carbons (Fsp3) is 0.400. The Morgan fingerprint density at radius 2 is 2.25 bits per heavy atom. The molecule has 0 radical (unpaired) electrons. The highest BCUT2D eigenvalue weighted by molar-refractivity contribution is 5.56. The van der Waals surface area contributed by atoms with Gasteiger partial charge in [-0.2, -0.15) is 0 Å². The van der Waals surface area contributed by atoms with Crippen LogP contribution >= 0.6 is 0 Å². The molecule has 0 bridgehead atoms. The predicted octanol–water partition coefficient (Wildman–Crippen LogP) is 3.23. The first-order chi connectivity index (χ1) is 7.74. The molecule has 2 atom stereocenters. The summed E-state index contributed by atoms with van der Waals surface area (Å²) in [5.74, 6) is 1.26. The lowest BCUT2D eigenvalue weighted by Gasteiger charge is -2.24. The second kappa shape index (κ2) is 3.54. The van der Waals surface area contributed by atoms with Crippen molar-refractivity contribution in [1.82, 2.24) is 0 Å². The van der Waals surface area contributed by atoms with E-state index in [0.717, 1.165) is 18.5 Å². The molecule has 0 heterocycles. The zero-order valence-corrected chi connectivity index (χ0v) is 9.66. The molecule has 0 saturated heterocycles. The van der Waals surface area contributed by atoms with Gasteiger partial charge in [-0.25, -0.2) is 0 Å². The second-order valence-electron chi connectivity index (χ2n) is 5.10. The molecule has 0 fully saturated rings. The van der Waals surface area contributed by atoms with Crippen LogP contribution in [-0.2, 0) is 0 Å². The highest BCUT2D eigenvalue weighted by Gasteiger charge is 2.25. The van der Waals surface area contributed by atoms with Crippen molar-refractivity contribution in [2.24, 2.45) is 17.6 Å². The number of allylic oxidation sites excluding steroid dienone is 6. The van der Waals surface area contributed by atoms with Crippen molar-refractivity contribution in [3.05, 3.63) is 52.5 Å². The molecule has 3 rings (SSSR count). The summed E-state index contributed by atoms with van der Waals surface area (Å²) in [4.78, 5) is 0. The van der Waals surface area contributed by atoms with Crippen molar-refractivity contribution >= 4 is 0 Å². The highest BCUT2D eigenvalue weighted by Crippen LogP contribution is 2.40. The fourth-order valence-electron chi connectivity index (χ4n) is 2.65. The van der Waals surface area contributed by atoms with E-state index in [2.05, 4.69) is 37.0 Å². The minimum atomic E-state index is 0.591. The summed E-state index contributed by atoms with van der Waals surface area (Å²) in [7, 11) is 0. The molecule has 0 aromatic heterocycles. The standard InChI is InChI=1S/C15H17N/c1-10-3-2-4-12(7-10)14-9-13-8-11(13)5-6-15(14)16/h2-3,5,9-10,12H,4,7-8,16H2,1H3/t10-,12?/m1/s1. The Bertz CT molecular complexity index is 482. The molecular formula is C15H17N.